The Balaban J connectivity index is 2.43. The molecule has 0 fully saturated rings. The molecule has 0 radical (unpaired) electrons. The minimum Gasteiger partial charge on any atom is -0.259 e. The summed E-state index contributed by atoms with van der Waals surface area (Å²) in [7, 11) is 0. The van der Waals surface area contributed by atoms with E-state index < -0.39 is 0 Å². The van der Waals surface area contributed by atoms with Crippen molar-refractivity contribution in [2.75, 3.05) is 5.75 Å². The van der Waals surface area contributed by atoms with Gasteiger partial charge in [-0.15, -0.1) is 11.8 Å². The van der Waals surface area contributed by atoms with Gasteiger partial charge in [-0.2, -0.15) is 5.10 Å². The third-order valence-electron chi connectivity index (χ3n) is 2.35. The highest BCUT2D eigenvalue weighted by Crippen LogP contribution is 2.34. The van der Waals surface area contributed by atoms with Crippen LogP contribution in [0.5, 0.6) is 0 Å². The van der Waals surface area contributed by atoms with Gasteiger partial charge in [-0.05, 0) is 11.8 Å². The topological polar surface area (TPSA) is 17.8 Å². The highest BCUT2D eigenvalue weighted by atomic mass is 32.2. The van der Waals surface area contributed by atoms with Crippen molar-refractivity contribution in [2.24, 2.45) is 0 Å². The molecule has 1 aliphatic rings. The highest BCUT2D eigenvalue weighted by Gasteiger charge is 2.23. The molecule has 1 aromatic heterocycles. The molecule has 0 atom stereocenters. The molecule has 2 heterocycles. The average molecular weight is 196 g/mol. The minimum absolute atomic E-state index is 0.234. The molecule has 1 aliphatic heterocycles. The Bertz CT molecular complexity index is 309. The van der Waals surface area contributed by atoms with Crippen LogP contribution >= 0.6 is 11.8 Å². The van der Waals surface area contributed by atoms with E-state index in [4.69, 9.17) is 0 Å². The average Bonchev–Trinajstić information content (AvgIpc) is 2.45. The van der Waals surface area contributed by atoms with Crippen molar-refractivity contribution in [2.45, 2.75) is 44.2 Å². The molecule has 0 bridgehead atoms. The van der Waals surface area contributed by atoms with Crippen LogP contribution in [0.3, 0.4) is 0 Å². The molecular weight excluding hydrogens is 180 g/mol. The lowest BCUT2D eigenvalue weighted by Gasteiger charge is -2.21. The summed E-state index contributed by atoms with van der Waals surface area (Å²) >= 11 is 1.95. The first kappa shape index (κ1) is 9.13. The number of rotatable bonds is 0. The fourth-order valence-electron chi connectivity index (χ4n) is 1.58. The first-order valence-corrected chi connectivity index (χ1v) is 5.77. The molecule has 0 saturated carbocycles. The first-order chi connectivity index (χ1) is 6.09. The van der Waals surface area contributed by atoms with E-state index in [0.717, 1.165) is 6.54 Å². The minimum atomic E-state index is 0.234. The summed E-state index contributed by atoms with van der Waals surface area (Å²) in [4.78, 5) is 0. The van der Waals surface area contributed by atoms with Crippen molar-refractivity contribution < 1.29 is 0 Å². The maximum Gasteiger partial charge on any atom is 0.0977 e. The number of hydrogen-bond acceptors (Lipinski definition) is 2. The van der Waals surface area contributed by atoms with Gasteiger partial charge in [0.15, 0.2) is 0 Å². The zero-order chi connectivity index (χ0) is 9.47. The Kier molecular flexibility index (Phi) is 2.14. The summed E-state index contributed by atoms with van der Waals surface area (Å²) in [5, 5.41) is 5.81. The maximum atomic E-state index is 4.42. The zero-order valence-corrected chi connectivity index (χ0v) is 9.32. The molecule has 0 aromatic carbocycles. The van der Waals surface area contributed by atoms with Gasteiger partial charge in [0.2, 0.25) is 0 Å². The van der Waals surface area contributed by atoms with Crippen LogP contribution in [-0.4, -0.2) is 15.5 Å². The van der Waals surface area contributed by atoms with E-state index in [0.29, 0.717) is 0 Å². The van der Waals surface area contributed by atoms with E-state index in [1.807, 2.05) is 18.0 Å². The largest absolute Gasteiger partial charge is 0.259 e. The summed E-state index contributed by atoms with van der Waals surface area (Å²) in [5.74, 6) is 1.24. The molecular formula is C10H16N2S. The molecule has 0 amide bonds. The van der Waals surface area contributed by atoms with E-state index >= 15 is 0 Å². The predicted octanol–water partition coefficient (Wildman–Crippen LogP) is 2.68. The van der Waals surface area contributed by atoms with E-state index in [1.165, 1.54) is 22.8 Å². The van der Waals surface area contributed by atoms with Gasteiger partial charge in [-0.3, -0.25) is 4.68 Å². The van der Waals surface area contributed by atoms with Crippen LogP contribution in [0.2, 0.25) is 0 Å². The molecule has 2 rings (SSSR count). The van der Waals surface area contributed by atoms with Gasteiger partial charge in [-0.25, -0.2) is 0 Å². The third-order valence-corrected chi connectivity index (χ3v) is 3.55. The zero-order valence-electron chi connectivity index (χ0n) is 8.50. The van der Waals surface area contributed by atoms with Crippen molar-refractivity contribution in [3.8, 4) is 0 Å². The van der Waals surface area contributed by atoms with Crippen LogP contribution < -0.4 is 0 Å². The lowest BCUT2D eigenvalue weighted by atomic mass is 9.90. The van der Waals surface area contributed by atoms with Crippen molar-refractivity contribution in [3.05, 3.63) is 11.8 Å². The van der Waals surface area contributed by atoms with Gasteiger partial charge in [-0.1, -0.05) is 20.8 Å². The Morgan fingerprint density at radius 2 is 2.23 bits per heavy atom. The van der Waals surface area contributed by atoms with E-state index in [9.17, 15) is 0 Å². The van der Waals surface area contributed by atoms with Crippen molar-refractivity contribution in [3.63, 3.8) is 0 Å². The van der Waals surface area contributed by atoms with Gasteiger partial charge in [0.05, 0.1) is 11.2 Å². The van der Waals surface area contributed by atoms with Gasteiger partial charge in [0, 0.05) is 17.9 Å². The van der Waals surface area contributed by atoms with Crippen LogP contribution in [0.15, 0.2) is 11.2 Å². The molecule has 1 aromatic rings. The van der Waals surface area contributed by atoms with Gasteiger partial charge >= 0.3 is 0 Å². The van der Waals surface area contributed by atoms with Crippen LogP contribution in [0.4, 0.5) is 0 Å². The maximum absolute atomic E-state index is 4.42. The second-order valence-electron chi connectivity index (χ2n) is 4.54. The van der Waals surface area contributed by atoms with Crippen molar-refractivity contribution in [1.82, 2.24) is 9.78 Å². The number of thioether (sulfide) groups is 1. The second-order valence-corrected chi connectivity index (χ2v) is 5.62. The molecule has 0 spiro atoms. The molecule has 0 aliphatic carbocycles. The number of fused-ring (bicyclic) bond motifs is 1. The van der Waals surface area contributed by atoms with Gasteiger partial charge in [0.25, 0.3) is 0 Å². The lowest BCUT2D eigenvalue weighted by molar-refractivity contribution is 0.523. The number of nitrogens with zero attached hydrogens (tertiary/aromatic N) is 2. The summed E-state index contributed by atoms with van der Waals surface area (Å²) < 4.78 is 2.15. The Morgan fingerprint density at radius 3 is 2.92 bits per heavy atom. The highest BCUT2D eigenvalue weighted by molar-refractivity contribution is 7.99. The van der Waals surface area contributed by atoms with Gasteiger partial charge < -0.3 is 0 Å². The molecule has 2 nitrogen and oxygen atoms in total. The Hall–Kier alpha value is -0.440. The van der Waals surface area contributed by atoms with Crippen molar-refractivity contribution >= 4 is 11.8 Å². The standard InChI is InChI=1S/C10H16N2S/c1-10(2,3)8-7-11-12-5-4-6-13-9(8)12/h7H,4-6H2,1-3H3. The molecule has 3 heteroatoms. The lowest BCUT2D eigenvalue weighted by Crippen LogP contribution is -2.14. The first-order valence-electron chi connectivity index (χ1n) is 4.78. The fraction of sp³-hybridized carbons (Fsp3) is 0.700. The quantitative estimate of drug-likeness (QED) is 0.635. The number of aromatic nitrogens is 2. The SMILES string of the molecule is CC(C)(C)c1cnn2c1SCCC2. The Morgan fingerprint density at radius 1 is 1.46 bits per heavy atom. The molecule has 0 N–H and O–H groups in total. The van der Waals surface area contributed by atoms with E-state index in [-0.39, 0.29) is 5.41 Å². The van der Waals surface area contributed by atoms with Crippen LogP contribution in [0, 0.1) is 0 Å². The second kappa shape index (κ2) is 3.05. The molecule has 0 saturated heterocycles. The van der Waals surface area contributed by atoms with Crippen LogP contribution in [0.25, 0.3) is 0 Å². The van der Waals surface area contributed by atoms with Gasteiger partial charge in [0.1, 0.15) is 0 Å². The van der Waals surface area contributed by atoms with E-state index in [1.54, 1.807) is 0 Å². The number of aryl methyl sites for hydroxylation is 1. The monoisotopic (exact) mass is 196 g/mol. The fourth-order valence-corrected chi connectivity index (χ4v) is 2.85. The smallest absolute Gasteiger partial charge is 0.0977 e. The normalized spacial score (nSPS) is 17.2. The molecule has 72 valence electrons. The summed E-state index contributed by atoms with van der Waals surface area (Å²) in [6.07, 6.45) is 3.29. The van der Waals surface area contributed by atoms with Crippen molar-refractivity contribution in [1.29, 1.82) is 0 Å². The predicted molar refractivity (Wildman–Crippen MR) is 56.3 cm³/mol. The summed E-state index contributed by atoms with van der Waals surface area (Å²) in [6, 6.07) is 0. The number of hydrogen-bond donors (Lipinski definition) is 0. The van der Waals surface area contributed by atoms with E-state index in [2.05, 4.69) is 30.6 Å². The third kappa shape index (κ3) is 1.62. The van der Waals surface area contributed by atoms with Crippen LogP contribution in [-0.2, 0) is 12.0 Å². The summed E-state index contributed by atoms with van der Waals surface area (Å²) in [6.45, 7) is 7.85. The molecule has 13 heavy (non-hydrogen) atoms. The Labute approximate surface area is 83.7 Å². The molecule has 0 unspecified atom stereocenters. The summed E-state index contributed by atoms with van der Waals surface area (Å²) in [5.41, 5.74) is 1.63. The van der Waals surface area contributed by atoms with Crippen LogP contribution in [0.1, 0.15) is 32.8 Å².